The van der Waals surface area contributed by atoms with E-state index in [1.54, 1.807) is 30.3 Å². The Kier molecular flexibility index (Phi) is 6.38. The number of amides is 2. The van der Waals surface area contributed by atoms with Crippen molar-refractivity contribution in [3.8, 4) is 0 Å². The lowest BCUT2D eigenvalue weighted by Crippen LogP contribution is -2.40. The van der Waals surface area contributed by atoms with Gasteiger partial charge in [0, 0.05) is 22.8 Å². The van der Waals surface area contributed by atoms with Gasteiger partial charge in [0.2, 0.25) is 11.8 Å². The van der Waals surface area contributed by atoms with Gasteiger partial charge in [0.25, 0.3) is 10.0 Å². The molecule has 0 radical (unpaired) electrons. The van der Waals surface area contributed by atoms with Crippen LogP contribution in [0.3, 0.4) is 0 Å². The first-order valence-corrected chi connectivity index (χ1v) is 9.91. The van der Waals surface area contributed by atoms with Crippen LogP contribution in [-0.4, -0.2) is 26.3 Å². The number of halogens is 1. The lowest BCUT2D eigenvalue weighted by molar-refractivity contribution is -0.124. The Morgan fingerprint density at radius 2 is 1.69 bits per heavy atom. The molecule has 0 saturated heterocycles. The smallest absolute Gasteiger partial charge is 0.261 e. The van der Waals surface area contributed by atoms with E-state index in [4.69, 9.17) is 0 Å². The van der Waals surface area contributed by atoms with E-state index in [1.807, 2.05) is 0 Å². The summed E-state index contributed by atoms with van der Waals surface area (Å²) in [5.74, 6) is -0.779. The maximum Gasteiger partial charge on any atom is 0.261 e. The van der Waals surface area contributed by atoms with Gasteiger partial charge in [-0.15, -0.1) is 0 Å². The minimum absolute atomic E-state index is 0.00500. The minimum atomic E-state index is -3.81. The molecule has 138 valence electrons. The maximum absolute atomic E-state index is 12.5. The van der Waals surface area contributed by atoms with Crippen LogP contribution < -0.4 is 15.4 Å². The molecule has 2 aromatic rings. The van der Waals surface area contributed by atoms with Crippen molar-refractivity contribution in [2.45, 2.75) is 24.8 Å². The molecule has 7 nitrogen and oxygen atoms in total. The predicted molar refractivity (Wildman–Crippen MR) is 103 cm³/mol. The first-order chi connectivity index (χ1) is 12.2. The maximum atomic E-state index is 12.5. The van der Waals surface area contributed by atoms with E-state index >= 15 is 0 Å². The minimum Gasteiger partial charge on any atom is -0.345 e. The van der Waals surface area contributed by atoms with E-state index in [-0.39, 0.29) is 10.8 Å². The Bertz CT molecular complexity index is 914. The summed E-state index contributed by atoms with van der Waals surface area (Å²) in [6, 6.07) is 11.8. The van der Waals surface area contributed by atoms with Crippen LogP contribution in [0.4, 0.5) is 11.4 Å². The number of carbonyl (C=O) groups excluding carboxylic acids is 2. The zero-order chi connectivity index (χ0) is 19.3. The summed E-state index contributed by atoms with van der Waals surface area (Å²) in [7, 11) is -3.81. The molecule has 0 bridgehead atoms. The number of hydrogen-bond donors (Lipinski definition) is 3. The zero-order valence-electron chi connectivity index (χ0n) is 14.1. The lowest BCUT2D eigenvalue weighted by Gasteiger charge is -2.14. The van der Waals surface area contributed by atoms with Crippen LogP contribution in [0.1, 0.15) is 13.8 Å². The summed E-state index contributed by atoms with van der Waals surface area (Å²) in [5.41, 5.74) is 0.729. The Labute approximate surface area is 160 Å². The summed E-state index contributed by atoms with van der Waals surface area (Å²) < 4.78 is 28.3. The Balaban J connectivity index is 2.15. The Morgan fingerprint density at radius 3 is 2.31 bits per heavy atom. The Morgan fingerprint density at radius 1 is 1.04 bits per heavy atom. The van der Waals surface area contributed by atoms with Crippen LogP contribution in [0, 0.1) is 0 Å². The second kappa shape index (κ2) is 8.33. The van der Waals surface area contributed by atoms with Gasteiger partial charge in [0.05, 0.1) is 4.90 Å². The number of sulfonamides is 1. The molecular weight excluding hydrogens is 422 g/mol. The third-order valence-electron chi connectivity index (χ3n) is 3.32. The molecule has 0 aliphatic carbocycles. The van der Waals surface area contributed by atoms with Crippen LogP contribution in [0.5, 0.6) is 0 Å². The third-order valence-corrected chi connectivity index (χ3v) is 5.23. The molecule has 0 aliphatic rings. The van der Waals surface area contributed by atoms with Crippen molar-refractivity contribution in [2.75, 3.05) is 10.0 Å². The average Bonchev–Trinajstić information content (AvgIpc) is 2.56. The monoisotopic (exact) mass is 439 g/mol. The van der Waals surface area contributed by atoms with E-state index in [2.05, 4.69) is 31.3 Å². The van der Waals surface area contributed by atoms with Crippen molar-refractivity contribution in [3.63, 3.8) is 0 Å². The van der Waals surface area contributed by atoms with Crippen molar-refractivity contribution in [3.05, 3.63) is 53.0 Å². The summed E-state index contributed by atoms with van der Waals surface area (Å²) in [6.07, 6.45) is 0. The highest BCUT2D eigenvalue weighted by molar-refractivity contribution is 9.10. The molecule has 1 unspecified atom stereocenters. The average molecular weight is 440 g/mol. The highest BCUT2D eigenvalue weighted by Gasteiger charge is 2.17. The van der Waals surface area contributed by atoms with E-state index in [0.29, 0.717) is 11.4 Å². The summed E-state index contributed by atoms with van der Waals surface area (Å²) in [6.45, 7) is 2.84. The van der Waals surface area contributed by atoms with E-state index in [0.717, 1.165) is 4.47 Å². The highest BCUT2D eigenvalue weighted by atomic mass is 79.9. The number of nitrogens with one attached hydrogen (secondary N) is 3. The molecule has 3 N–H and O–H groups in total. The van der Waals surface area contributed by atoms with Crippen molar-refractivity contribution >= 4 is 49.1 Å². The number of benzene rings is 2. The number of hydrogen-bond acceptors (Lipinski definition) is 4. The van der Waals surface area contributed by atoms with E-state index < -0.39 is 22.0 Å². The second-order valence-corrected chi connectivity index (χ2v) is 8.15. The van der Waals surface area contributed by atoms with Crippen LogP contribution in [-0.2, 0) is 19.6 Å². The highest BCUT2D eigenvalue weighted by Crippen LogP contribution is 2.21. The molecule has 0 aromatic heterocycles. The van der Waals surface area contributed by atoms with Crippen molar-refractivity contribution in [1.82, 2.24) is 5.32 Å². The van der Waals surface area contributed by atoms with Gasteiger partial charge in [0.15, 0.2) is 0 Å². The van der Waals surface area contributed by atoms with Crippen molar-refractivity contribution in [2.24, 2.45) is 0 Å². The number of carbonyl (C=O) groups is 2. The van der Waals surface area contributed by atoms with Gasteiger partial charge in [-0.05, 0) is 49.4 Å². The van der Waals surface area contributed by atoms with Gasteiger partial charge in [0.1, 0.15) is 6.04 Å². The largest absolute Gasteiger partial charge is 0.345 e. The number of rotatable bonds is 6. The SMILES string of the molecule is CC(=O)NC(C)C(=O)Nc1cccc(S(=O)(=O)Nc2ccc(Br)cc2)c1. The lowest BCUT2D eigenvalue weighted by atomic mass is 10.2. The molecule has 0 heterocycles. The molecule has 0 fully saturated rings. The van der Waals surface area contributed by atoms with Crippen molar-refractivity contribution in [1.29, 1.82) is 0 Å². The molecule has 2 rings (SSSR count). The van der Waals surface area contributed by atoms with Crippen LogP contribution in [0.15, 0.2) is 57.9 Å². The standard InChI is InChI=1S/C17H18BrN3O4S/c1-11(19-12(2)22)17(23)20-15-4-3-5-16(10-15)26(24,25)21-14-8-6-13(18)7-9-14/h3-11,21H,1-2H3,(H,19,22)(H,20,23). The molecular formula is C17H18BrN3O4S. The molecule has 0 aliphatic heterocycles. The van der Waals surface area contributed by atoms with Gasteiger partial charge >= 0.3 is 0 Å². The molecule has 2 aromatic carbocycles. The molecule has 0 saturated carbocycles. The van der Waals surface area contributed by atoms with Gasteiger partial charge in [-0.3, -0.25) is 14.3 Å². The molecule has 1 atom stereocenters. The van der Waals surface area contributed by atoms with Gasteiger partial charge < -0.3 is 10.6 Å². The number of anilines is 2. The van der Waals surface area contributed by atoms with Gasteiger partial charge in [-0.2, -0.15) is 0 Å². The fraction of sp³-hybridized carbons (Fsp3) is 0.176. The summed E-state index contributed by atoms with van der Waals surface area (Å²) >= 11 is 3.29. The summed E-state index contributed by atoms with van der Waals surface area (Å²) in [5, 5.41) is 5.04. The third kappa shape index (κ3) is 5.57. The topological polar surface area (TPSA) is 104 Å². The normalized spacial score (nSPS) is 12.1. The molecule has 26 heavy (non-hydrogen) atoms. The first kappa shape index (κ1) is 19.9. The van der Waals surface area contributed by atoms with E-state index in [9.17, 15) is 18.0 Å². The zero-order valence-corrected chi connectivity index (χ0v) is 16.5. The molecule has 0 spiro atoms. The van der Waals surface area contributed by atoms with Gasteiger partial charge in [-0.25, -0.2) is 8.42 Å². The van der Waals surface area contributed by atoms with Crippen LogP contribution in [0.2, 0.25) is 0 Å². The van der Waals surface area contributed by atoms with E-state index in [1.165, 1.54) is 32.0 Å². The fourth-order valence-corrected chi connectivity index (χ4v) is 3.46. The summed E-state index contributed by atoms with van der Waals surface area (Å²) in [4.78, 5) is 23.1. The fourth-order valence-electron chi connectivity index (χ4n) is 2.09. The molecule has 2 amide bonds. The van der Waals surface area contributed by atoms with Crippen molar-refractivity contribution < 1.29 is 18.0 Å². The van der Waals surface area contributed by atoms with Crippen LogP contribution >= 0.6 is 15.9 Å². The first-order valence-electron chi connectivity index (χ1n) is 7.64. The quantitative estimate of drug-likeness (QED) is 0.643. The second-order valence-electron chi connectivity index (χ2n) is 5.55. The molecule has 9 heteroatoms. The Hall–Kier alpha value is -2.39. The van der Waals surface area contributed by atoms with Gasteiger partial charge in [-0.1, -0.05) is 22.0 Å². The predicted octanol–water partition coefficient (Wildman–Crippen LogP) is 2.71. The van der Waals surface area contributed by atoms with Crippen LogP contribution in [0.25, 0.3) is 0 Å².